The normalized spacial score (nSPS) is 10.0. The van der Waals surface area contributed by atoms with E-state index in [0.29, 0.717) is 6.61 Å². The van der Waals surface area contributed by atoms with Crippen LogP contribution in [0.1, 0.15) is 58.8 Å². The third-order valence-electron chi connectivity index (χ3n) is 2.04. The molecule has 0 bridgehead atoms. The Labute approximate surface area is 87.9 Å². The van der Waals surface area contributed by atoms with E-state index < -0.39 is 0 Å². The summed E-state index contributed by atoms with van der Waals surface area (Å²) in [5, 5.41) is 0.790. The van der Waals surface area contributed by atoms with Gasteiger partial charge in [-0.25, -0.2) is 0 Å². The second-order valence-corrected chi connectivity index (χ2v) is 3.78. The van der Waals surface area contributed by atoms with Crippen LogP contribution in [0, 0.1) is 0 Å². The molecule has 0 aromatic carbocycles. The van der Waals surface area contributed by atoms with Crippen molar-refractivity contribution in [1.82, 2.24) is 0 Å². The van der Waals surface area contributed by atoms with Crippen molar-refractivity contribution in [2.24, 2.45) is 0 Å². The van der Waals surface area contributed by atoms with Gasteiger partial charge in [-0.3, -0.25) is 0 Å². The van der Waals surface area contributed by atoms with Crippen LogP contribution in [0.2, 0.25) is 0 Å². The number of hydrogen-bond acceptors (Lipinski definition) is 2. The van der Waals surface area contributed by atoms with Crippen LogP contribution in [-0.4, -0.2) is 11.7 Å². The molecule has 0 saturated carbocycles. The van der Waals surface area contributed by atoms with Gasteiger partial charge in [-0.15, -0.1) is 0 Å². The lowest BCUT2D eigenvalue weighted by Gasteiger charge is -2.04. The Morgan fingerprint density at radius 3 is 2.23 bits per heavy atom. The number of ether oxygens (including phenoxy) is 1. The molecule has 2 heteroatoms. The minimum absolute atomic E-state index is 0.717. The topological polar surface area (TPSA) is 9.23 Å². The summed E-state index contributed by atoms with van der Waals surface area (Å²) in [6.07, 6.45) is 8.87. The van der Waals surface area contributed by atoms with Crippen LogP contribution in [0.15, 0.2) is 0 Å². The van der Waals surface area contributed by atoms with Gasteiger partial charge in [-0.05, 0) is 25.6 Å². The van der Waals surface area contributed by atoms with Crippen LogP contribution in [0.5, 0.6) is 0 Å². The Morgan fingerprint density at radius 1 is 1.00 bits per heavy atom. The molecule has 0 amide bonds. The maximum atomic E-state index is 5.20. The molecule has 1 nitrogen and oxygen atoms in total. The Kier molecular flexibility index (Phi) is 9.89. The standard InChI is InChI=1S/C11H22OS/c1-3-5-6-7-8-9-10-11(13)12-4-2/h3-10H2,1-2H3. The van der Waals surface area contributed by atoms with Gasteiger partial charge < -0.3 is 4.74 Å². The Hall–Kier alpha value is -0.110. The van der Waals surface area contributed by atoms with Gasteiger partial charge in [0.1, 0.15) is 0 Å². The quantitative estimate of drug-likeness (QED) is 0.433. The molecule has 0 unspecified atom stereocenters. The first-order valence-electron chi connectivity index (χ1n) is 5.46. The van der Waals surface area contributed by atoms with E-state index in [1.54, 1.807) is 0 Å². The van der Waals surface area contributed by atoms with E-state index in [2.05, 4.69) is 6.92 Å². The average Bonchev–Trinajstić information content (AvgIpc) is 2.11. The maximum absolute atomic E-state index is 5.20. The molecule has 0 rings (SSSR count). The molecule has 13 heavy (non-hydrogen) atoms. The first-order valence-corrected chi connectivity index (χ1v) is 5.87. The molecule has 0 fully saturated rings. The molecule has 0 spiro atoms. The molecule has 0 aliphatic rings. The molecule has 0 aliphatic heterocycles. The summed E-state index contributed by atoms with van der Waals surface area (Å²) in [6.45, 7) is 4.94. The van der Waals surface area contributed by atoms with Crippen molar-refractivity contribution in [2.75, 3.05) is 6.61 Å². The Bertz CT molecular complexity index is 123. The summed E-state index contributed by atoms with van der Waals surface area (Å²) >= 11 is 5.03. The van der Waals surface area contributed by atoms with Gasteiger partial charge in [0.2, 0.25) is 0 Å². The van der Waals surface area contributed by atoms with E-state index in [9.17, 15) is 0 Å². The number of hydrogen-bond donors (Lipinski definition) is 0. The van der Waals surface area contributed by atoms with E-state index in [-0.39, 0.29) is 0 Å². The zero-order valence-electron chi connectivity index (χ0n) is 8.97. The fourth-order valence-corrected chi connectivity index (χ4v) is 1.55. The predicted octanol–water partition coefficient (Wildman–Crippen LogP) is 4.10. The summed E-state index contributed by atoms with van der Waals surface area (Å²) in [5.74, 6) is 0. The average molecular weight is 202 g/mol. The first-order chi connectivity index (χ1) is 6.31. The molecule has 78 valence electrons. The molecular weight excluding hydrogens is 180 g/mol. The maximum Gasteiger partial charge on any atom is 0.159 e. The molecular formula is C11H22OS. The van der Waals surface area contributed by atoms with Gasteiger partial charge >= 0.3 is 0 Å². The second-order valence-electron chi connectivity index (χ2n) is 3.32. The molecule has 0 atom stereocenters. The minimum Gasteiger partial charge on any atom is -0.487 e. The summed E-state index contributed by atoms with van der Waals surface area (Å²) in [5.41, 5.74) is 0. The van der Waals surface area contributed by atoms with Crippen molar-refractivity contribution in [3.63, 3.8) is 0 Å². The predicted molar refractivity (Wildman–Crippen MR) is 62.2 cm³/mol. The smallest absolute Gasteiger partial charge is 0.159 e. The highest BCUT2D eigenvalue weighted by atomic mass is 32.1. The van der Waals surface area contributed by atoms with E-state index >= 15 is 0 Å². The van der Waals surface area contributed by atoms with E-state index in [1.165, 1.54) is 38.5 Å². The highest BCUT2D eigenvalue weighted by Gasteiger charge is 1.96. The van der Waals surface area contributed by atoms with Crippen LogP contribution in [-0.2, 0) is 4.74 Å². The van der Waals surface area contributed by atoms with E-state index in [4.69, 9.17) is 17.0 Å². The van der Waals surface area contributed by atoms with Gasteiger partial charge in [0, 0.05) is 6.42 Å². The van der Waals surface area contributed by atoms with Crippen molar-refractivity contribution in [2.45, 2.75) is 58.8 Å². The van der Waals surface area contributed by atoms with Gasteiger partial charge in [0.15, 0.2) is 5.05 Å². The van der Waals surface area contributed by atoms with Crippen LogP contribution in [0.25, 0.3) is 0 Å². The zero-order valence-corrected chi connectivity index (χ0v) is 9.79. The summed E-state index contributed by atoms with van der Waals surface area (Å²) in [6, 6.07) is 0. The molecule has 0 saturated heterocycles. The second kappa shape index (κ2) is 9.97. The van der Waals surface area contributed by atoms with Gasteiger partial charge in [-0.1, -0.05) is 39.0 Å². The molecule has 0 aliphatic carbocycles. The highest BCUT2D eigenvalue weighted by molar-refractivity contribution is 7.80. The van der Waals surface area contributed by atoms with E-state index in [0.717, 1.165) is 11.5 Å². The summed E-state index contributed by atoms with van der Waals surface area (Å²) in [4.78, 5) is 0. The highest BCUT2D eigenvalue weighted by Crippen LogP contribution is 2.07. The lowest BCUT2D eigenvalue weighted by molar-refractivity contribution is 0.325. The van der Waals surface area contributed by atoms with Gasteiger partial charge in [0.25, 0.3) is 0 Å². The SMILES string of the molecule is CCCCCCCCC(=S)OCC. The monoisotopic (exact) mass is 202 g/mol. The number of rotatable bonds is 8. The van der Waals surface area contributed by atoms with Crippen LogP contribution >= 0.6 is 12.2 Å². The Balaban J connectivity index is 3.02. The largest absolute Gasteiger partial charge is 0.487 e. The minimum atomic E-state index is 0.717. The summed E-state index contributed by atoms with van der Waals surface area (Å²) in [7, 11) is 0. The number of thiocarbonyl (C=S) groups is 1. The van der Waals surface area contributed by atoms with Crippen molar-refractivity contribution >= 4 is 17.3 Å². The van der Waals surface area contributed by atoms with Gasteiger partial charge in [0.05, 0.1) is 6.61 Å². The molecule has 0 N–H and O–H groups in total. The lowest BCUT2D eigenvalue weighted by atomic mass is 10.1. The number of unbranched alkanes of at least 4 members (excludes halogenated alkanes) is 5. The van der Waals surface area contributed by atoms with Crippen molar-refractivity contribution in [3.8, 4) is 0 Å². The fraction of sp³-hybridized carbons (Fsp3) is 0.909. The lowest BCUT2D eigenvalue weighted by Crippen LogP contribution is -2.00. The zero-order chi connectivity index (χ0) is 9.94. The van der Waals surface area contributed by atoms with Crippen molar-refractivity contribution in [1.29, 1.82) is 0 Å². The van der Waals surface area contributed by atoms with Crippen LogP contribution < -0.4 is 0 Å². The molecule has 0 heterocycles. The molecule has 0 aromatic heterocycles. The van der Waals surface area contributed by atoms with Crippen LogP contribution in [0.3, 0.4) is 0 Å². The Morgan fingerprint density at radius 2 is 1.62 bits per heavy atom. The summed E-state index contributed by atoms with van der Waals surface area (Å²) < 4.78 is 5.20. The third kappa shape index (κ3) is 9.81. The molecule has 0 radical (unpaired) electrons. The first kappa shape index (κ1) is 12.9. The van der Waals surface area contributed by atoms with Crippen molar-refractivity contribution in [3.05, 3.63) is 0 Å². The third-order valence-corrected chi connectivity index (χ3v) is 2.36. The van der Waals surface area contributed by atoms with Crippen molar-refractivity contribution < 1.29 is 4.74 Å². The van der Waals surface area contributed by atoms with Gasteiger partial charge in [-0.2, -0.15) is 0 Å². The molecule has 0 aromatic rings. The van der Waals surface area contributed by atoms with E-state index in [1.807, 2.05) is 6.92 Å². The fourth-order valence-electron chi connectivity index (χ4n) is 1.28. The van der Waals surface area contributed by atoms with Crippen LogP contribution in [0.4, 0.5) is 0 Å².